The van der Waals surface area contributed by atoms with Crippen LogP contribution in [-0.2, 0) is 11.8 Å². The molecule has 0 saturated carbocycles. The summed E-state index contributed by atoms with van der Waals surface area (Å²) in [6.07, 6.45) is 1.01. The van der Waals surface area contributed by atoms with E-state index in [0.717, 1.165) is 34.8 Å². The van der Waals surface area contributed by atoms with Crippen LogP contribution in [0.2, 0.25) is 0 Å². The summed E-state index contributed by atoms with van der Waals surface area (Å²) in [5.74, 6) is 1.03. The molecule has 0 bridgehead atoms. The largest absolute Gasteiger partial charge is 0.493 e. The molecule has 2 heterocycles. The minimum atomic E-state index is 0.808. The Kier molecular flexibility index (Phi) is 2.69. The van der Waals surface area contributed by atoms with Crippen LogP contribution in [0.5, 0.6) is 5.75 Å². The number of ether oxygens (including phenoxy) is 1. The molecule has 16 heavy (non-hydrogen) atoms. The molecule has 4 heteroatoms. The average molecular weight is 296 g/mol. The van der Waals surface area contributed by atoms with Gasteiger partial charge in [-0.2, -0.15) is 0 Å². The summed E-state index contributed by atoms with van der Waals surface area (Å²) in [5.41, 5.74) is 3.55. The van der Waals surface area contributed by atoms with Crippen molar-refractivity contribution in [3.05, 3.63) is 34.2 Å². The molecule has 0 radical (unpaired) electrons. The highest BCUT2D eigenvalue weighted by Gasteiger charge is 2.13. The fourth-order valence-corrected chi connectivity index (χ4v) is 3.02. The second kappa shape index (κ2) is 4.18. The summed E-state index contributed by atoms with van der Waals surface area (Å²) in [6, 6.07) is 6.32. The van der Waals surface area contributed by atoms with Gasteiger partial charge in [0.2, 0.25) is 0 Å². The topological polar surface area (TPSA) is 22.1 Å². The van der Waals surface area contributed by atoms with Crippen LogP contribution >= 0.6 is 27.3 Å². The summed E-state index contributed by atoms with van der Waals surface area (Å²) in [4.78, 5) is 4.56. The number of hydrogen-bond donors (Lipinski definition) is 0. The number of aromatic nitrogens is 1. The van der Waals surface area contributed by atoms with E-state index >= 15 is 0 Å². The minimum Gasteiger partial charge on any atom is -0.493 e. The van der Waals surface area contributed by atoms with E-state index in [2.05, 4.69) is 38.4 Å². The number of fused-ring (bicyclic) bond motifs is 1. The number of nitrogens with zero attached hydrogens (tertiary/aromatic N) is 1. The standard InChI is InChI=1S/C12H10BrNOS/c13-6-12-14-10(7-16-12)8-1-2-11-9(5-8)3-4-15-11/h1-2,5,7H,3-4,6H2. The third-order valence-electron chi connectivity index (χ3n) is 2.65. The Morgan fingerprint density at radius 1 is 1.44 bits per heavy atom. The first kappa shape index (κ1) is 10.3. The SMILES string of the molecule is BrCc1nc(-c2ccc3c(c2)CCO3)cs1. The van der Waals surface area contributed by atoms with Gasteiger partial charge in [-0.25, -0.2) is 4.98 Å². The van der Waals surface area contributed by atoms with E-state index < -0.39 is 0 Å². The van der Waals surface area contributed by atoms with E-state index in [-0.39, 0.29) is 0 Å². The van der Waals surface area contributed by atoms with Crippen LogP contribution in [0.3, 0.4) is 0 Å². The van der Waals surface area contributed by atoms with Gasteiger partial charge >= 0.3 is 0 Å². The number of benzene rings is 1. The van der Waals surface area contributed by atoms with Gasteiger partial charge in [0.1, 0.15) is 10.8 Å². The van der Waals surface area contributed by atoms with Crippen molar-refractivity contribution in [2.24, 2.45) is 0 Å². The van der Waals surface area contributed by atoms with Gasteiger partial charge < -0.3 is 4.74 Å². The Labute approximate surface area is 106 Å². The maximum Gasteiger partial charge on any atom is 0.122 e. The van der Waals surface area contributed by atoms with Crippen LogP contribution in [0.15, 0.2) is 23.6 Å². The fourth-order valence-electron chi connectivity index (χ4n) is 1.85. The second-order valence-electron chi connectivity index (χ2n) is 3.68. The predicted molar refractivity (Wildman–Crippen MR) is 69.4 cm³/mol. The molecule has 0 atom stereocenters. The number of halogens is 1. The van der Waals surface area contributed by atoms with E-state index in [0.29, 0.717) is 0 Å². The van der Waals surface area contributed by atoms with Crippen LogP contribution in [0.4, 0.5) is 0 Å². The minimum absolute atomic E-state index is 0.808. The number of thiazole rings is 1. The van der Waals surface area contributed by atoms with Crippen molar-refractivity contribution in [1.82, 2.24) is 4.98 Å². The van der Waals surface area contributed by atoms with E-state index in [9.17, 15) is 0 Å². The zero-order chi connectivity index (χ0) is 11.0. The maximum atomic E-state index is 5.49. The molecule has 0 spiro atoms. The lowest BCUT2D eigenvalue weighted by atomic mass is 10.1. The van der Waals surface area contributed by atoms with Crippen molar-refractivity contribution in [1.29, 1.82) is 0 Å². The third kappa shape index (κ3) is 1.76. The molecule has 0 saturated heterocycles. The second-order valence-corrected chi connectivity index (χ2v) is 5.18. The molecule has 3 rings (SSSR count). The van der Waals surface area contributed by atoms with Crippen molar-refractivity contribution < 1.29 is 4.74 Å². The van der Waals surface area contributed by atoms with E-state index in [1.807, 2.05) is 6.07 Å². The van der Waals surface area contributed by atoms with E-state index in [1.54, 1.807) is 11.3 Å². The smallest absolute Gasteiger partial charge is 0.122 e. The molecule has 0 aliphatic carbocycles. The van der Waals surface area contributed by atoms with Gasteiger partial charge in [0.15, 0.2) is 0 Å². The van der Waals surface area contributed by atoms with Gasteiger partial charge in [-0.3, -0.25) is 0 Å². The summed E-state index contributed by atoms with van der Waals surface area (Å²) in [5, 5.41) is 4.05. The molecule has 0 amide bonds. The molecule has 0 N–H and O–H groups in total. The molecule has 2 nitrogen and oxygen atoms in total. The molecule has 1 aromatic carbocycles. The highest BCUT2D eigenvalue weighted by atomic mass is 79.9. The summed E-state index contributed by atoms with van der Waals surface area (Å²) in [6.45, 7) is 0.808. The van der Waals surface area contributed by atoms with Crippen LogP contribution in [0.1, 0.15) is 10.6 Å². The normalized spacial score (nSPS) is 13.6. The van der Waals surface area contributed by atoms with Gasteiger partial charge in [0.05, 0.1) is 17.6 Å². The number of alkyl halides is 1. The first-order chi connectivity index (χ1) is 7.86. The highest BCUT2D eigenvalue weighted by molar-refractivity contribution is 9.08. The van der Waals surface area contributed by atoms with Crippen molar-refractivity contribution in [2.45, 2.75) is 11.8 Å². The zero-order valence-corrected chi connectivity index (χ0v) is 11.0. The van der Waals surface area contributed by atoms with Crippen molar-refractivity contribution in [3.63, 3.8) is 0 Å². The van der Waals surface area contributed by atoms with Crippen LogP contribution in [0, 0.1) is 0 Å². The number of hydrogen-bond acceptors (Lipinski definition) is 3. The molecule has 1 aromatic heterocycles. The van der Waals surface area contributed by atoms with E-state index in [4.69, 9.17) is 4.74 Å². The lowest BCUT2D eigenvalue weighted by molar-refractivity contribution is 0.357. The predicted octanol–water partition coefficient (Wildman–Crippen LogP) is 3.64. The van der Waals surface area contributed by atoms with Gasteiger partial charge in [-0.1, -0.05) is 15.9 Å². The fraction of sp³-hybridized carbons (Fsp3) is 0.250. The molecular formula is C12H10BrNOS. The Morgan fingerprint density at radius 2 is 2.38 bits per heavy atom. The van der Waals surface area contributed by atoms with Crippen LogP contribution in [-0.4, -0.2) is 11.6 Å². The quantitative estimate of drug-likeness (QED) is 0.789. The summed E-state index contributed by atoms with van der Waals surface area (Å²) < 4.78 is 5.49. The molecule has 1 aliphatic rings. The summed E-state index contributed by atoms with van der Waals surface area (Å²) >= 11 is 5.11. The first-order valence-electron chi connectivity index (χ1n) is 5.13. The highest BCUT2D eigenvalue weighted by Crippen LogP contribution is 2.31. The molecular weight excluding hydrogens is 286 g/mol. The Bertz CT molecular complexity index is 523. The van der Waals surface area contributed by atoms with Crippen molar-refractivity contribution in [3.8, 4) is 17.0 Å². The van der Waals surface area contributed by atoms with Gasteiger partial charge in [0.25, 0.3) is 0 Å². The van der Waals surface area contributed by atoms with E-state index in [1.165, 1.54) is 11.1 Å². The molecule has 82 valence electrons. The lowest BCUT2D eigenvalue weighted by Gasteiger charge is -2.01. The third-order valence-corrected chi connectivity index (χ3v) is 4.40. The summed E-state index contributed by atoms with van der Waals surface area (Å²) in [7, 11) is 0. The van der Waals surface area contributed by atoms with Crippen molar-refractivity contribution in [2.75, 3.05) is 6.61 Å². The van der Waals surface area contributed by atoms with Gasteiger partial charge in [-0.15, -0.1) is 11.3 Å². The zero-order valence-electron chi connectivity index (χ0n) is 8.57. The Balaban J connectivity index is 2.00. The molecule has 1 aliphatic heterocycles. The average Bonchev–Trinajstić information content (AvgIpc) is 2.96. The van der Waals surface area contributed by atoms with Crippen LogP contribution < -0.4 is 4.74 Å². The first-order valence-corrected chi connectivity index (χ1v) is 7.13. The Morgan fingerprint density at radius 3 is 3.19 bits per heavy atom. The lowest BCUT2D eigenvalue weighted by Crippen LogP contribution is -1.85. The molecule has 0 fully saturated rings. The Hall–Kier alpha value is -0.870. The van der Waals surface area contributed by atoms with Crippen molar-refractivity contribution >= 4 is 27.3 Å². The van der Waals surface area contributed by atoms with Gasteiger partial charge in [0, 0.05) is 17.4 Å². The maximum absolute atomic E-state index is 5.49. The molecule has 0 unspecified atom stereocenters. The monoisotopic (exact) mass is 295 g/mol. The molecule has 2 aromatic rings. The number of rotatable bonds is 2. The van der Waals surface area contributed by atoms with Gasteiger partial charge in [-0.05, 0) is 23.8 Å². The van der Waals surface area contributed by atoms with Crippen LogP contribution in [0.25, 0.3) is 11.3 Å².